The van der Waals surface area contributed by atoms with Gasteiger partial charge in [-0.1, -0.05) is 30.3 Å². The molecule has 0 bridgehead atoms. The molecule has 27 heavy (non-hydrogen) atoms. The van der Waals surface area contributed by atoms with Crippen molar-refractivity contribution in [3.8, 4) is 11.5 Å². The molecule has 0 spiro atoms. The van der Waals surface area contributed by atoms with Crippen molar-refractivity contribution in [1.82, 2.24) is 4.98 Å². The number of aromatic nitrogens is 1. The molecule has 1 aromatic heterocycles. The number of para-hydroxylation sites is 1. The average Bonchev–Trinajstić information content (AvgIpc) is 2.67. The Bertz CT molecular complexity index is 849. The van der Waals surface area contributed by atoms with Crippen molar-refractivity contribution in [1.29, 1.82) is 0 Å². The molecule has 0 unspecified atom stereocenters. The first-order chi connectivity index (χ1) is 13.0. The summed E-state index contributed by atoms with van der Waals surface area (Å²) in [5.41, 5.74) is 0.674. The standard InChI is InChI=1S/C21H19F3N2O/c22-21(23,24)20-15-17(12-14-26-20)25-13-4-5-16-8-10-19(11-9-16)27-18-6-2-1-3-7-18/h1-3,6-12,14-15H,4-5,13H2,(H,25,26). The van der Waals surface area contributed by atoms with Crippen LogP contribution in [0.2, 0.25) is 0 Å². The van der Waals surface area contributed by atoms with E-state index in [9.17, 15) is 13.2 Å². The van der Waals surface area contributed by atoms with Gasteiger partial charge in [-0.3, -0.25) is 4.98 Å². The highest BCUT2D eigenvalue weighted by atomic mass is 19.4. The van der Waals surface area contributed by atoms with E-state index in [4.69, 9.17) is 4.74 Å². The molecule has 3 nitrogen and oxygen atoms in total. The molecule has 0 aliphatic carbocycles. The molecule has 0 saturated heterocycles. The van der Waals surface area contributed by atoms with Gasteiger partial charge >= 0.3 is 6.18 Å². The third kappa shape index (κ3) is 5.74. The maximum atomic E-state index is 12.6. The van der Waals surface area contributed by atoms with Crippen LogP contribution in [0.5, 0.6) is 11.5 Å². The van der Waals surface area contributed by atoms with Crippen LogP contribution in [0.4, 0.5) is 18.9 Å². The second kappa shape index (κ2) is 8.58. The SMILES string of the molecule is FC(F)(F)c1cc(NCCCc2ccc(Oc3ccccc3)cc2)ccn1. The fraction of sp³-hybridized carbons (Fsp3) is 0.190. The van der Waals surface area contributed by atoms with E-state index in [1.165, 1.54) is 6.07 Å². The van der Waals surface area contributed by atoms with Gasteiger partial charge < -0.3 is 10.1 Å². The van der Waals surface area contributed by atoms with Crippen LogP contribution >= 0.6 is 0 Å². The number of pyridine rings is 1. The van der Waals surface area contributed by atoms with Gasteiger partial charge in [0.25, 0.3) is 0 Å². The van der Waals surface area contributed by atoms with E-state index in [-0.39, 0.29) is 0 Å². The molecular weight excluding hydrogens is 353 g/mol. The summed E-state index contributed by atoms with van der Waals surface area (Å²) >= 11 is 0. The van der Waals surface area contributed by atoms with E-state index in [0.29, 0.717) is 12.2 Å². The molecule has 0 aliphatic heterocycles. The molecule has 140 valence electrons. The Morgan fingerprint density at radius 2 is 1.59 bits per heavy atom. The molecule has 0 saturated carbocycles. The van der Waals surface area contributed by atoms with E-state index in [1.54, 1.807) is 0 Å². The maximum Gasteiger partial charge on any atom is 0.433 e. The maximum absolute atomic E-state index is 12.6. The summed E-state index contributed by atoms with van der Waals surface area (Å²) in [7, 11) is 0. The van der Waals surface area contributed by atoms with Crippen LogP contribution in [0.3, 0.4) is 0 Å². The lowest BCUT2D eigenvalue weighted by Gasteiger charge is -2.10. The third-order valence-electron chi connectivity index (χ3n) is 3.92. The Morgan fingerprint density at radius 1 is 0.889 bits per heavy atom. The summed E-state index contributed by atoms with van der Waals surface area (Å²) in [6.45, 7) is 0.573. The zero-order valence-corrected chi connectivity index (χ0v) is 14.5. The van der Waals surface area contributed by atoms with Crippen LogP contribution in [-0.4, -0.2) is 11.5 Å². The number of rotatable bonds is 7. The first kappa shape index (κ1) is 18.8. The smallest absolute Gasteiger partial charge is 0.433 e. The van der Waals surface area contributed by atoms with Gasteiger partial charge in [0.2, 0.25) is 0 Å². The number of aryl methyl sites for hydroxylation is 1. The zero-order chi connectivity index (χ0) is 19.1. The van der Waals surface area contributed by atoms with E-state index in [1.807, 2.05) is 54.6 Å². The van der Waals surface area contributed by atoms with Gasteiger partial charge in [0, 0.05) is 18.4 Å². The van der Waals surface area contributed by atoms with Crippen molar-refractivity contribution in [3.63, 3.8) is 0 Å². The number of hydrogen-bond donors (Lipinski definition) is 1. The molecule has 0 atom stereocenters. The molecule has 3 aromatic rings. The molecular formula is C21H19F3N2O. The fourth-order valence-corrected chi connectivity index (χ4v) is 2.57. The van der Waals surface area contributed by atoms with Crippen molar-refractivity contribution in [2.24, 2.45) is 0 Å². The largest absolute Gasteiger partial charge is 0.457 e. The highest BCUT2D eigenvalue weighted by Crippen LogP contribution is 2.28. The second-order valence-electron chi connectivity index (χ2n) is 6.02. The number of nitrogens with one attached hydrogen (secondary N) is 1. The Hall–Kier alpha value is -3.02. The van der Waals surface area contributed by atoms with Gasteiger partial charge in [0.15, 0.2) is 0 Å². The zero-order valence-electron chi connectivity index (χ0n) is 14.5. The predicted octanol–water partition coefficient (Wildman–Crippen LogP) is 5.94. The monoisotopic (exact) mass is 372 g/mol. The number of hydrogen-bond acceptors (Lipinski definition) is 3. The molecule has 2 aromatic carbocycles. The molecule has 1 heterocycles. The predicted molar refractivity (Wildman–Crippen MR) is 99.0 cm³/mol. The first-order valence-electron chi connectivity index (χ1n) is 8.60. The average molecular weight is 372 g/mol. The van der Waals surface area contributed by atoms with Crippen molar-refractivity contribution >= 4 is 5.69 Å². The van der Waals surface area contributed by atoms with Crippen molar-refractivity contribution < 1.29 is 17.9 Å². The molecule has 0 amide bonds. The number of nitrogens with zero attached hydrogens (tertiary/aromatic N) is 1. The first-order valence-corrected chi connectivity index (χ1v) is 8.60. The minimum atomic E-state index is -4.43. The third-order valence-corrected chi connectivity index (χ3v) is 3.92. The van der Waals surface area contributed by atoms with Crippen molar-refractivity contribution in [2.75, 3.05) is 11.9 Å². The highest BCUT2D eigenvalue weighted by molar-refractivity contribution is 5.43. The number of anilines is 1. The summed E-state index contributed by atoms with van der Waals surface area (Å²) in [6, 6.07) is 19.9. The van der Waals surface area contributed by atoms with Crippen LogP contribution in [-0.2, 0) is 12.6 Å². The molecule has 1 N–H and O–H groups in total. The van der Waals surface area contributed by atoms with Crippen LogP contribution in [0.15, 0.2) is 72.9 Å². The van der Waals surface area contributed by atoms with Gasteiger partial charge in [-0.15, -0.1) is 0 Å². The molecule has 3 rings (SSSR count). The second-order valence-corrected chi connectivity index (χ2v) is 6.02. The highest BCUT2D eigenvalue weighted by Gasteiger charge is 2.32. The van der Waals surface area contributed by atoms with Crippen LogP contribution in [0, 0.1) is 0 Å². The summed E-state index contributed by atoms with van der Waals surface area (Å²) in [4.78, 5) is 3.35. The van der Waals surface area contributed by atoms with E-state index in [2.05, 4.69) is 10.3 Å². The van der Waals surface area contributed by atoms with Gasteiger partial charge in [-0.05, 0) is 54.8 Å². The Morgan fingerprint density at radius 3 is 2.30 bits per heavy atom. The Kier molecular flexibility index (Phi) is 5.96. The lowest BCUT2D eigenvalue weighted by atomic mass is 10.1. The summed E-state index contributed by atoms with van der Waals surface area (Å²) in [5.74, 6) is 1.55. The van der Waals surface area contributed by atoms with E-state index >= 15 is 0 Å². The van der Waals surface area contributed by atoms with Crippen LogP contribution in [0.1, 0.15) is 17.7 Å². The minimum absolute atomic E-state index is 0.420. The van der Waals surface area contributed by atoms with Gasteiger partial charge in [0.05, 0.1) is 0 Å². The van der Waals surface area contributed by atoms with E-state index in [0.717, 1.165) is 42.2 Å². The van der Waals surface area contributed by atoms with Gasteiger partial charge in [-0.2, -0.15) is 13.2 Å². The number of alkyl halides is 3. The lowest BCUT2D eigenvalue weighted by molar-refractivity contribution is -0.141. The molecule has 0 radical (unpaired) electrons. The quantitative estimate of drug-likeness (QED) is 0.521. The summed E-state index contributed by atoms with van der Waals surface area (Å²) in [6.07, 6.45) is -1.66. The molecule has 6 heteroatoms. The number of halogens is 3. The van der Waals surface area contributed by atoms with Gasteiger partial charge in [0.1, 0.15) is 17.2 Å². The van der Waals surface area contributed by atoms with E-state index < -0.39 is 11.9 Å². The number of benzene rings is 2. The number of ether oxygens (including phenoxy) is 1. The lowest BCUT2D eigenvalue weighted by Crippen LogP contribution is -2.09. The van der Waals surface area contributed by atoms with Crippen molar-refractivity contribution in [3.05, 3.63) is 84.2 Å². The molecule has 0 fully saturated rings. The Balaban J connectivity index is 1.45. The topological polar surface area (TPSA) is 34.1 Å². The van der Waals surface area contributed by atoms with Crippen LogP contribution < -0.4 is 10.1 Å². The Labute approximate surface area is 155 Å². The summed E-state index contributed by atoms with van der Waals surface area (Å²) in [5, 5.41) is 3.01. The fourth-order valence-electron chi connectivity index (χ4n) is 2.57. The van der Waals surface area contributed by atoms with Crippen molar-refractivity contribution in [2.45, 2.75) is 19.0 Å². The summed E-state index contributed by atoms with van der Waals surface area (Å²) < 4.78 is 43.7. The molecule has 0 aliphatic rings. The normalized spacial score (nSPS) is 11.2. The van der Waals surface area contributed by atoms with Gasteiger partial charge in [-0.25, -0.2) is 0 Å². The van der Waals surface area contributed by atoms with Crippen LogP contribution in [0.25, 0.3) is 0 Å². The minimum Gasteiger partial charge on any atom is -0.457 e.